The third kappa shape index (κ3) is 4.68. The van der Waals surface area contributed by atoms with Crippen LogP contribution in [0.4, 0.5) is 0 Å². The van der Waals surface area contributed by atoms with Crippen molar-refractivity contribution in [3.8, 4) is 0 Å². The average Bonchev–Trinajstić information content (AvgIpc) is 2.14. The van der Waals surface area contributed by atoms with E-state index < -0.39 is 48.2 Å². The SMILES string of the molecule is O=C(O)CC(CC(=O)O)(OC(=O)CCl)C(=O)O. The molecular weight excluding hydrogens is 260 g/mol. The second kappa shape index (κ2) is 6.04. The summed E-state index contributed by atoms with van der Waals surface area (Å²) in [7, 11) is 0. The van der Waals surface area contributed by atoms with E-state index in [9.17, 15) is 19.2 Å². The monoisotopic (exact) mass is 268 g/mol. The van der Waals surface area contributed by atoms with Gasteiger partial charge in [0.05, 0.1) is 12.8 Å². The van der Waals surface area contributed by atoms with Gasteiger partial charge in [-0.1, -0.05) is 0 Å². The molecule has 0 atom stereocenters. The van der Waals surface area contributed by atoms with Crippen LogP contribution in [0.3, 0.4) is 0 Å². The van der Waals surface area contributed by atoms with Gasteiger partial charge in [-0.05, 0) is 0 Å². The lowest BCUT2D eigenvalue weighted by Crippen LogP contribution is -2.47. The van der Waals surface area contributed by atoms with Crippen molar-refractivity contribution in [2.75, 3.05) is 5.88 Å². The van der Waals surface area contributed by atoms with Gasteiger partial charge in [-0.25, -0.2) is 4.79 Å². The highest BCUT2D eigenvalue weighted by Crippen LogP contribution is 2.22. The molecule has 0 rings (SSSR count). The van der Waals surface area contributed by atoms with Crippen molar-refractivity contribution in [2.24, 2.45) is 0 Å². The summed E-state index contributed by atoms with van der Waals surface area (Å²) in [5, 5.41) is 25.9. The first-order chi connectivity index (χ1) is 7.73. The summed E-state index contributed by atoms with van der Waals surface area (Å²) < 4.78 is 4.34. The Morgan fingerprint density at radius 3 is 1.65 bits per heavy atom. The molecule has 0 spiro atoms. The number of carboxylic acid groups (broad SMARTS) is 3. The van der Waals surface area contributed by atoms with E-state index in [1.54, 1.807) is 0 Å². The van der Waals surface area contributed by atoms with Crippen molar-refractivity contribution in [1.29, 1.82) is 0 Å². The molecule has 0 radical (unpaired) electrons. The van der Waals surface area contributed by atoms with E-state index in [1.807, 2.05) is 0 Å². The van der Waals surface area contributed by atoms with Crippen molar-refractivity contribution in [3.63, 3.8) is 0 Å². The van der Waals surface area contributed by atoms with Crippen molar-refractivity contribution in [2.45, 2.75) is 18.4 Å². The number of rotatable bonds is 7. The van der Waals surface area contributed by atoms with Crippen molar-refractivity contribution >= 4 is 35.5 Å². The van der Waals surface area contributed by atoms with Crippen LogP contribution in [-0.4, -0.2) is 50.7 Å². The van der Waals surface area contributed by atoms with Crippen molar-refractivity contribution < 1.29 is 39.2 Å². The van der Waals surface area contributed by atoms with Gasteiger partial charge >= 0.3 is 23.9 Å². The van der Waals surface area contributed by atoms with Crippen LogP contribution < -0.4 is 0 Å². The highest BCUT2D eigenvalue weighted by Gasteiger charge is 2.47. The Morgan fingerprint density at radius 1 is 1.00 bits per heavy atom. The van der Waals surface area contributed by atoms with Crippen LogP contribution in [-0.2, 0) is 23.9 Å². The molecule has 0 aromatic rings. The molecule has 0 bridgehead atoms. The quantitative estimate of drug-likeness (QED) is 0.416. The maximum absolute atomic E-state index is 10.9. The van der Waals surface area contributed by atoms with Gasteiger partial charge in [0.15, 0.2) is 0 Å². The molecule has 0 unspecified atom stereocenters. The number of carboxylic acids is 3. The number of carbonyl (C=O) groups excluding carboxylic acids is 1. The summed E-state index contributed by atoms with van der Waals surface area (Å²) in [5.74, 6) is -7.02. The molecule has 9 heteroatoms. The van der Waals surface area contributed by atoms with Crippen LogP contribution in [0.15, 0.2) is 0 Å². The van der Waals surface area contributed by atoms with Gasteiger partial charge < -0.3 is 20.1 Å². The van der Waals surface area contributed by atoms with Crippen LogP contribution in [0.2, 0.25) is 0 Å². The number of hydrogen-bond acceptors (Lipinski definition) is 5. The molecule has 96 valence electrons. The average molecular weight is 269 g/mol. The predicted octanol–water partition coefficient (Wildman–Crippen LogP) is -0.459. The number of esters is 1. The number of alkyl halides is 1. The van der Waals surface area contributed by atoms with E-state index in [1.165, 1.54) is 0 Å². The normalized spacial score (nSPS) is 10.6. The molecule has 0 aromatic heterocycles. The molecule has 0 aliphatic carbocycles. The van der Waals surface area contributed by atoms with Gasteiger partial charge in [0.1, 0.15) is 5.88 Å². The van der Waals surface area contributed by atoms with Crippen LogP contribution in [0.25, 0.3) is 0 Å². The van der Waals surface area contributed by atoms with E-state index in [-0.39, 0.29) is 0 Å². The smallest absolute Gasteiger partial charge is 0.349 e. The summed E-state index contributed by atoms with van der Waals surface area (Å²) in [6, 6.07) is 0. The zero-order chi connectivity index (χ0) is 13.6. The maximum atomic E-state index is 10.9. The van der Waals surface area contributed by atoms with Crippen LogP contribution in [0.1, 0.15) is 12.8 Å². The Hall–Kier alpha value is -1.83. The molecule has 0 saturated carbocycles. The molecule has 3 N–H and O–H groups in total. The molecule has 0 amide bonds. The number of carbonyl (C=O) groups is 4. The summed E-state index contributed by atoms with van der Waals surface area (Å²) in [5.41, 5.74) is -2.65. The first-order valence-electron chi connectivity index (χ1n) is 4.18. The summed E-state index contributed by atoms with van der Waals surface area (Å²) in [6.45, 7) is 0. The molecule has 0 heterocycles. The number of hydrogen-bond donors (Lipinski definition) is 3. The van der Waals surface area contributed by atoms with Gasteiger partial charge in [0.25, 0.3) is 0 Å². The van der Waals surface area contributed by atoms with Gasteiger partial charge in [-0.15, -0.1) is 11.6 Å². The van der Waals surface area contributed by atoms with Gasteiger partial charge in [-0.2, -0.15) is 0 Å². The first-order valence-corrected chi connectivity index (χ1v) is 4.72. The van der Waals surface area contributed by atoms with E-state index >= 15 is 0 Å². The fraction of sp³-hybridized carbons (Fsp3) is 0.500. The maximum Gasteiger partial charge on any atom is 0.349 e. The molecule has 0 saturated heterocycles. The zero-order valence-electron chi connectivity index (χ0n) is 8.38. The summed E-state index contributed by atoms with van der Waals surface area (Å²) >= 11 is 5.07. The summed E-state index contributed by atoms with van der Waals surface area (Å²) in [6.07, 6.45) is -2.34. The second-order valence-corrected chi connectivity index (χ2v) is 3.32. The van der Waals surface area contributed by atoms with E-state index in [2.05, 4.69) is 4.74 Å². The minimum Gasteiger partial charge on any atom is -0.481 e. The highest BCUT2D eigenvalue weighted by molar-refractivity contribution is 6.26. The fourth-order valence-electron chi connectivity index (χ4n) is 1.06. The summed E-state index contributed by atoms with van der Waals surface area (Å²) in [4.78, 5) is 42.8. The Balaban J connectivity index is 5.22. The van der Waals surface area contributed by atoms with Gasteiger partial charge in [-0.3, -0.25) is 14.4 Å². The molecule has 17 heavy (non-hydrogen) atoms. The first kappa shape index (κ1) is 15.2. The standard InChI is InChI=1S/C8H9ClO8/c9-3-6(14)17-8(7(15)16,1-4(10)11)2-5(12)13/h1-3H2,(H,10,11)(H,12,13)(H,15,16). The van der Waals surface area contributed by atoms with Crippen molar-refractivity contribution in [1.82, 2.24) is 0 Å². The lowest BCUT2D eigenvalue weighted by Gasteiger charge is -2.25. The van der Waals surface area contributed by atoms with E-state index in [4.69, 9.17) is 26.9 Å². The van der Waals surface area contributed by atoms with Crippen molar-refractivity contribution in [3.05, 3.63) is 0 Å². The molecule has 0 aromatic carbocycles. The molecule has 8 nitrogen and oxygen atoms in total. The minimum absolute atomic E-state index is 0.714. The second-order valence-electron chi connectivity index (χ2n) is 3.05. The van der Waals surface area contributed by atoms with Gasteiger partial charge in [0, 0.05) is 0 Å². The Kier molecular flexibility index (Phi) is 5.39. The van der Waals surface area contributed by atoms with Crippen LogP contribution >= 0.6 is 11.6 Å². The van der Waals surface area contributed by atoms with E-state index in [0.29, 0.717) is 0 Å². The fourth-order valence-corrected chi connectivity index (χ4v) is 1.12. The Morgan fingerprint density at radius 2 is 1.41 bits per heavy atom. The molecule has 0 fully saturated rings. The molecule has 0 aliphatic rings. The zero-order valence-corrected chi connectivity index (χ0v) is 9.14. The lowest BCUT2D eigenvalue weighted by atomic mass is 9.95. The number of ether oxygens (including phenoxy) is 1. The largest absolute Gasteiger partial charge is 0.481 e. The Labute approximate surface area is 99.7 Å². The third-order valence-electron chi connectivity index (χ3n) is 1.68. The van der Waals surface area contributed by atoms with Crippen LogP contribution in [0.5, 0.6) is 0 Å². The Bertz CT molecular complexity index is 333. The molecular formula is C8H9ClO8. The molecule has 0 aliphatic heterocycles. The van der Waals surface area contributed by atoms with Gasteiger partial charge in [0.2, 0.25) is 5.60 Å². The van der Waals surface area contributed by atoms with E-state index in [0.717, 1.165) is 0 Å². The topological polar surface area (TPSA) is 138 Å². The number of halogens is 1. The van der Waals surface area contributed by atoms with Crippen LogP contribution in [0, 0.1) is 0 Å². The number of aliphatic carboxylic acids is 3. The third-order valence-corrected chi connectivity index (χ3v) is 1.90. The predicted molar refractivity (Wildman–Crippen MR) is 51.7 cm³/mol. The highest BCUT2D eigenvalue weighted by atomic mass is 35.5. The lowest BCUT2D eigenvalue weighted by molar-refractivity contribution is -0.184. The minimum atomic E-state index is -2.65.